The van der Waals surface area contributed by atoms with Crippen molar-refractivity contribution in [3.05, 3.63) is 97.2 Å². The SMILES string of the molecule is CC/C=C\C/C=C\C/C=C\C/C=C\C/C=C\C/C=C\C/C=C\C/C=C\CCCCCCCCCCCCCCC(=O)NC(COP(=O)([O-])OCC[N+](C)(C)C)C(O)CCCCCCCCCCCCCCCCCCCCCC. The highest BCUT2D eigenvalue weighted by Crippen LogP contribution is 2.38. The van der Waals surface area contributed by atoms with E-state index in [0.717, 1.165) is 89.9 Å². The van der Waals surface area contributed by atoms with Crippen LogP contribution in [0, 0.1) is 0 Å². The Kier molecular flexibility index (Phi) is 58.1. The zero-order valence-corrected chi connectivity index (χ0v) is 53.2. The van der Waals surface area contributed by atoms with Crippen LogP contribution in [0.3, 0.4) is 0 Å². The molecular weight excluding hydrogens is 996 g/mol. The Morgan fingerprint density at radius 1 is 0.456 bits per heavy atom. The van der Waals surface area contributed by atoms with Crippen LogP contribution in [0.15, 0.2) is 97.2 Å². The maximum atomic E-state index is 13.0. The minimum absolute atomic E-state index is 0.00900. The number of phosphoric ester groups is 1. The molecule has 0 aromatic heterocycles. The number of nitrogens with zero attached hydrogens (tertiary/aromatic N) is 1. The second-order valence-corrected chi connectivity index (χ2v) is 24.9. The monoisotopic (exact) mass is 1120 g/mol. The fourth-order valence-corrected chi connectivity index (χ4v) is 10.2. The van der Waals surface area contributed by atoms with Gasteiger partial charge in [0.25, 0.3) is 7.82 Å². The van der Waals surface area contributed by atoms with Crippen molar-refractivity contribution < 1.29 is 32.9 Å². The van der Waals surface area contributed by atoms with Gasteiger partial charge in [0.2, 0.25) is 5.91 Å². The zero-order valence-electron chi connectivity index (χ0n) is 52.3. The summed E-state index contributed by atoms with van der Waals surface area (Å²) < 4.78 is 23.5. The van der Waals surface area contributed by atoms with Gasteiger partial charge in [0.1, 0.15) is 13.2 Å². The lowest BCUT2D eigenvalue weighted by Gasteiger charge is -2.30. The number of unbranched alkanes of at least 4 members (excludes halogenated alkanes) is 31. The number of hydrogen-bond acceptors (Lipinski definition) is 6. The molecule has 0 aromatic carbocycles. The Morgan fingerprint density at radius 3 is 1.13 bits per heavy atom. The number of phosphoric acid groups is 1. The number of aliphatic hydroxyl groups excluding tert-OH is 1. The largest absolute Gasteiger partial charge is 0.756 e. The molecule has 0 aliphatic heterocycles. The van der Waals surface area contributed by atoms with Gasteiger partial charge in [-0.2, -0.15) is 0 Å². The second kappa shape index (κ2) is 60.0. The van der Waals surface area contributed by atoms with Crippen LogP contribution in [0.1, 0.15) is 290 Å². The molecule has 0 saturated heterocycles. The number of rotatable bonds is 60. The highest BCUT2D eigenvalue weighted by molar-refractivity contribution is 7.45. The molecule has 2 N–H and O–H groups in total. The summed E-state index contributed by atoms with van der Waals surface area (Å²) in [6, 6.07) is -0.808. The van der Waals surface area contributed by atoms with Gasteiger partial charge in [-0.25, -0.2) is 0 Å². The van der Waals surface area contributed by atoms with Gasteiger partial charge in [-0.05, 0) is 77.0 Å². The predicted octanol–water partition coefficient (Wildman–Crippen LogP) is 20.3. The standard InChI is InChI=1S/C70H127N2O6P/c1-6-8-10-12-14-16-18-20-22-24-26-28-29-30-31-32-33-34-35-36-37-38-39-40-41-42-43-44-46-48-50-52-54-56-58-60-62-64-70(74)71-68(67-78-79(75,76)77-66-65-72(3,4)5)69(73)63-61-59-57-55-53-51-49-47-45-27-25-23-21-19-17-15-13-11-9-7-2/h8,10,14,16,20,22,26,28,30-31,33-34,36-37,39-40,68-69,73H,6-7,9,11-13,15,17-19,21,23-25,27,29,32,35,38,41-67H2,1-5H3,(H-,71,74,75,76)/b10-8-,16-14-,22-20-,28-26-,31-30-,34-33-,37-36-,40-39-. The molecule has 9 heteroatoms. The molecule has 0 fully saturated rings. The van der Waals surface area contributed by atoms with Gasteiger partial charge in [0, 0.05) is 6.42 Å². The van der Waals surface area contributed by atoms with Crippen LogP contribution in [0.2, 0.25) is 0 Å². The van der Waals surface area contributed by atoms with Gasteiger partial charge < -0.3 is 28.8 Å². The van der Waals surface area contributed by atoms with Crippen LogP contribution in [0.4, 0.5) is 0 Å². The van der Waals surface area contributed by atoms with Crippen molar-refractivity contribution in [3.63, 3.8) is 0 Å². The van der Waals surface area contributed by atoms with E-state index in [-0.39, 0.29) is 19.1 Å². The molecular formula is C70H127N2O6P. The summed E-state index contributed by atoms with van der Waals surface area (Å²) in [7, 11) is 1.30. The lowest BCUT2D eigenvalue weighted by atomic mass is 10.0. The number of quaternary nitrogens is 1. The highest BCUT2D eigenvalue weighted by atomic mass is 31.2. The van der Waals surface area contributed by atoms with Crippen molar-refractivity contribution in [3.8, 4) is 0 Å². The first-order valence-electron chi connectivity index (χ1n) is 33.1. The Bertz CT molecular complexity index is 1610. The molecule has 0 spiro atoms. The van der Waals surface area contributed by atoms with E-state index in [4.69, 9.17) is 9.05 Å². The van der Waals surface area contributed by atoms with Crippen LogP contribution >= 0.6 is 7.82 Å². The van der Waals surface area contributed by atoms with Gasteiger partial charge in [-0.3, -0.25) is 9.36 Å². The number of hydrogen-bond donors (Lipinski definition) is 2. The quantitative estimate of drug-likeness (QED) is 0.0272. The molecule has 0 saturated carbocycles. The molecule has 458 valence electrons. The molecule has 0 heterocycles. The van der Waals surface area contributed by atoms with Crippen LogP contribution in [-0.4, -0.2) is 68.5 Å². The van der Waals surface area contributed by atoms with Crippen molar-refractivity contribution in [1.82, 2.24) is 5.32 Å². The smallest absolute Gasteiger partial charge is 0.268 e. The number of allylic oxidation sites excluding steroid dienone is 16. The molecule has 8 nitrogen and oxygen atoms in total. The summed E-state index contributed by atoms with van der Waals surface area (Å²) in [5, 5.41) is 14.1. The minimum Gasteiger partial charge on any atom is -0.756 e. The summed E-state index contributed by atoms with van der Waals surface area (Å²) >= 11 is 0. The zero-order chi connectivity index (χ0) is 57.7. The molecule has 0 radical (unpaired) electrons. The van der Waals surface area contributed by atoms with Crippen LogP contribution in [-0.2, 0) is 18.4 Å². The van der Waals surface area contributed by atoms with Crippen LogP contribution < -0.4 is 10.2 Å². The van der Waals surface area contributed by atoms with Gasteiger partial charge in [0.05, 0.1) is 39.9 Å². The molecule has 1 amide bonds. The fourth-order valence-electron chi connectivity index (χ4n) is 9.47. The average Bonchev–Trinajstić information content (AvgIpc) is 3.42. The molecule has 0 bridgehead atoms. The third-order valence-electron chi connectivity index (χ3n) is 14.6. The summed E-state index contributed by atoms with van der Waals surface area (Å²) in [6.07, 6.45) is 86.0. The summed E-state index contributed by atoms with van der Waals surface area (Å²) in [5.41, 5.74) is 0. The third kappa shape index (κ3) is 62.9. The van der Waals surface area contributed by atoms with Crippen molar-refractivity contribution in [2.45, 2.75) is 302 Å². The maximum Gasteiger partial charge on any atom is 0.268 e. The number of nitrogens with one attached hydrogen (secondary N) is 1. The van der Waals surface area contributed by atoms with Crippen molar-refractivity contribution in [1.29, 1.82) is 0 Å². The molecule has 0 rings (SSSR count). The van der Waals surface area contributed by atoms with E-state index in [1.165, 1.54) is 173 Å². The van der Waals surface area contributed by atoms with E-state index in [9.17, 15) is 19.4 Å². The number of carbonyl (C=O) groups is 1. The lowest BCUT2D eigenvalue weighted by molar-refractivity contribution is -0.870. The van der Waals surface area contributed by atoms with E-state index in [2.05, 4.69) is 116 Å². The summed E-state index contributed by atoms with van der Waals surface area (Å²) in [4.78, 5) is 25.6. The molecule has 0 aliphatic rings. The lowest BCUT2D eigenvalue weighted by Crippen LogP contribution is -2.46. The Morgan fingerprint density at radius 2 is 0.772 bits per heavy atom. The highest BCUT2D eigenvalue weighted by Gasteiger charge is 2.24. The molecule has 0 aliphatic carbocycles. The van der Waals surface area contributed by atoms with Crippen molar-refractivity contribution >= 4 is 13.7 Å². The van der Waals surface area contributed by atoms with E-state index < -0.39 is 20.0 Å². The normalized spacial score (nSPS) is 14.4. The number of amides is 1. The van der Waals surface area contributed by atoms with E-state index >= 15 is 0 Å². The van der Waals surface area contributed by atoms with Gasteiger partial charge in [-0.1, -0.05) is 304 Å². The Hall–Kier alpha value is -2.58. The summed E-state index contributed by atoms with van der Waals surface area (Å²) in [5.74, 6) is -0.167. The maximum absolute atomic E-state index is 13.0. The van der Waals surface area contributed by atoms with Gasteiger partial charge in [-0.15, -0.1) is 0 Å². The van der Waals surface area contributed by atoms with Gasteiger partial charge >= 0.3 is 0 Å². The van der Waals surface area contributed by atoms with E-state index in [1.807, 2.05) is 21.1 Å². The average molecular weight is 1120 g/mol. The number of aliphatic hydroxyl groups is 1. The Labute approximate surface area is 489 Å². The van der Waals surface area contributed by atoms with Gasteiger partial charge in [0.15, 0.2) is 0 Å². The van der Waals surface area contributed by atoms with Crippen LogP contribution in [0.25, 0.3) is 0 Å². The third-order valence-corrected chi connectivity index (χ3v) is 15.6. The number of carbonyl (C=O) groups excluding carboxylic acids is 1. The first kappa shape index (κ1) is 76.4. The number of likely N-dealkylation sites (N-methyl/N-ethyl adjacent to an activating group) is 1. The molecule has 79 heavy (non-hydrogen) atoms. The van der Waals surface area contributed by atoms with E-state index in [1.54, 1.807) is 0 Å². The van der Waals surface area contributed by atoms with Crippen molar-refractivity contribution in [2.75, 3.05) is 40.9 Å². The predicted molar refractivity (Wildman–Crippen MR) is 343 cm³/mol. The first-order valence-corrected chi connectivity index (χ1v) is 34.5. The fraction of sp³-hybridized carbons (Fsp3) is 0.757. The first-order chi connectivity index (χ1) is 38.5. The van der Waals surface area contributed by atoms with Crippen molar-refractivity contribution in [2.24, 2.45) is 0 Å². The summed E-state index contributed by atoms with van der Waals surface area (Å²) in [6.45, 7) is 4.63. The van der Waals surface area contributed by atoms with E-state index in [0.29, 0.717) is 23.9 Å². The molecule has 3 atom stereocenters. The molecule has 0 aromatic rings. The second-order valence-electron chi connectivity index (χ2n) is 23.4. The minimum atomic E-state index is -4.58. The molecule has 3 unspecified atom stereocenters. The topological polar surface area (TPSA) is 108 Å². The Balaban J connectivity index is 4.07. The van der Waals surface area contributed by atoms with Crippen LogP contribution in [0.5, 0.6) is 0 Å².